The van der Waals surface area contributed by atoms with Gasteiger partial charge in [-0.05, 0) is 34.1 Å². The Morgan fingerprint density at radius 3 is 2.55 bits per heavy atom. The van der Waals surface area contributed by atoms with Crippen molar-refractivity contribution in [3.05, 3.63) is 64.5 Å². The first kappa shape index (κ1) is 14.3. The number of hydrogen-bond donors (Lipinski definition) is 0. The van der Waals surface area contributed by atoms with Crippen molar-refractivity contribution in [1.29, 1.82) is 0 Å². The van der Waals surface area contributed by atoms with Crippen LogP contribution in [0.15, 0.2) is 57.6 Å². The number of ketones is 1. The minimum atomic E-state index is -0.596. The first-order chi connectivity index (χ1) is 9.65. The molecule has 0 atom stereocenters. The summed E-state index contributed by atoms with van der Waals surface area (Å²) >= 11 is 3.15. The Morgan fingerprint density at radius 2 is 1.90 bits per heavy atom. The van der Waals surface area contributed by atoms with Crippen molar-refractivity contribution in [3.8, 4) is 0 Å². The molecule has 1 aromatic carbocycles. The van der Waals surface area contributed by atoms with Crippen LogP contribution in [0.3, 0.4) is 0 Å². The van der Waals surface area contributed by atoms with Crippen molar-refractivity contribution in [2.75, 3.05) is 6.61 Å². The third-order valence-corrected chi connectivity index (χ3v) is 2.85. The molecule has 2 rings (SSSR count). The Bertz CT molecular complexity index is 628. The van der Waals surface area contributed by atoms with Crippen LogP contribution in [0.4, 0.5) is 0 Å². The van der Waals surface area contributed by atoms with Crippen molar-refractivity contribution in [1.82, 2.24) is 0 Å². The summed E-state index contributed by atoms with van der Waals surface area (Å²) in [5, 5.41) is 0. The number of carbonyl (C=O) groups is 2. The molecule has 0 bridgehead atoms. The molecule has 0 N–H and O–H groups in total. The van der Waals surface area contributed by atoms with Gasteiger partial charge in [-0.1, -0.05) is 30.3 Å². The zero-order chi connectivity index (χ0) is 14.4. The fourth-order valence-electron chi connectivity index (χ4n) is 1.46. The maximum Gasteiger partial charge on any atom is 0.331 e. The molecule has 1 heterocycles. The van der Waals surface area contributed by atoms with Gasteiger partial charge < -0.3 is 9.15 Å². The lowest BCUT2D eigenvalue weighted by Crippen LogP contribution is -2.12. The van der Waals surface area contributed by atoms with Gasteiger partial charge in [-0.15, -0.1) is 0 Å². The van der Waals surface area contributed by atoms with E-state index in [2.05, 4.69) is 15.9 Å². The first-order valence-corrected chi connectivity index (χ1v) is 6.63. The fraction of sp³-hybridized carbons (Fsp3) is 0.0667. The third-order valence-electron chi connectivity index (χ3n) is 2.42. The van der Waals surface area contributed by atoms with Gasteiger partial charge in [0, 0.05) is 11.6 Å². The van der Waals surface area contributed by atoms with E-state index in [0.717, 1.165) is 0 Å². The molecule has 0 amide bonds. The number of Topliss-reactive ketones (excluding diaryl/α,β-unsaturated/α-hetero) is 1. The van der Waals surface area contributed by atoms with Gasteiger partial charge in [0.15, 0.2) is 17.1 Å². The number of esters is 1. The van der Waals surface area contributed by atoms with Gasteiger partial charge in [-0.25, -0.2) is 4.79 Å². The molecule has 0 unspecified atom stereocenters. The predicted molar refractivity (Wildman–Crippen MR) is 77.2 cm³/mol. The molecule has 20 heavy (non-hydrogen) atoms. The van der Waals surface area contributed by atoms with Gasteiger partial charge in [-0.3, -0.25) is 4.79 Å². The van der Waals surface area contributed by atoms with Crippen LogP contribution in [0.5, 0.6) is 0 Å². The van der Waals surface area contributed by atoms with Gasteiger partial charge >= 0.3 is 5.97 Å². The molecule has 0 saturated carbocycles. The molecule has 0 saturated heterocycles. The molecule has 0 aliphatic carbocycles. The number of rotatable bonds is 5. The average molecular weight is 335 g/mol. The Labute approximate surface area is 124 Å². The minimum absolute atomic E-state index is 0.243. The van der Waals surface area contributed by atoms with Gasteiger partial charge in [0.05, 0.1) is 0 Å². The summed E-state index contributed by atoms with van der Waals surface area (Å²) in [4.78, 5) is 23.1. The van der Waals surface area contributed by atoms with Crippen molar-refractivity contribution in [3.63, 3.8) is 0 Å². The van der Waals surface area contributed by atoms with Crippen LogP contribution in [0, 0.1) is 0 Å². The molecule has 0 aliphatic rings. The summed E-state index contributed by atoms with van der Waals surface area (Å²) in [5.74, 6) is -0.321. The minimum Gasteiger partial charge on any atom is -0.454 e. The van der Waals surface area contributed by atoms with Gasteiger partial charge in [0.2, 0.25) is 0 Å². The van der Waals surface area contributed by atoms with Crippen LogP contribution in [0.25, 0.3) is 6.08 Å². The second-order valence-corrected chi connectivity index (χ2v) is 4.65. The zero-order valence-electron chi connectivity index (χ0n) is 10.4. The van der Waals surface area contributed by atoms with Crippen LogP contribution in [0.1, 0.15) is 16.1 Å². The van der Waals surface area contributed by atoms with E-state index in [9.17, 15) is 9.59 Å². The highest BCUT2D eigenvalue weighted by atomic mass is 79.9. The lowest BCUT2D eigenvalue weighted by atomic mass is 10.1. The number of halogens is 1. The molecule has 102 valence electrons. The Hall–Kier alpha value is -2.14. The Balaban J connectivity index is 1.83. The molecule has 4 nitrogen and oxygen atoms in total. The van der Waals surface area contributed by atoms with E-state index < -0.39 is 5.97 Å². The van der Waals surface area contributed by atoms with Crippen molar-refractivity contribution in [2.45, 2.75) is 0 Å². The SMILES string of the molecule is O=C(/C=C/c1ccc(Br)o1)OCC(=O)c1ccccc1. The lowest BCUT2D eigenvalue weighted by molar-refractivity contribution is -0.136. The summed E-state index contributed by atoms with van der Waals surface area (Å²) in [5.41, 5.74) is 0.513. The predicted octanol–water partition coefficient (Wildman–Crippen LogP) is 3.48. The van der Waals surface area contributed by atoms with Crippen molar-refractivity contribution in [2.24, 2.45) is 0 Å². The molecular weight excluding hydrogens is 324 g/mol. The summed E-state index contributed by atoms with van der Waals surface area (Å²) in [7, 11) is 0. The highest BCUT2D eigenvalue weighted by Gasteiger charge is 2.07. The molecule has 0 spiro atoms. The van der Waals surface area contributed by atoms with Crippen LogP contribution in [-0.2, 0) is 9.53 Å². The van der Waals surface area contributed by atoms with Gasteiger partial charge in [-0.2, -0.15) is 0 Å². The Morgan fingerprint density at radius 1 is 1.15 bits per heavy atom. The maximum absolute atomic E-state index is 11.7. The van der Waals surface area contributed by atoms with Gasteiger partial charge in [0.1, 0.15) is 5.76 Å². The second kappa shape index (κ2) is 6.86. The summed E-state index contributed by atoms with van der Waals surface area (Å²) in [6.45, 7) is -0.283. The molecule has 5 heteroatoms. The number of furan rings is 1. The topological polar surface area (TPSA) is 56.5 Å². The first-order valence-electron chi connectivity index (χ1n) is 5.83. The molecule has 0 radical (unpaired) electrons. The van der Waals surface area contributed by atoms with Crippen LogP contribution < -0.4 is 0 Å². The summed E-state index contributed by atoms with van der Waals surface area (Å²) < 4.78 is 10.6. The van der Waals surface area contributed by atoms with E-state index in [1.165, 1.54) is 12.2 Å². The molecule has 0 aliphatic heterocycles. The van der Waals surface area contributed by atoms with E-state index in [4.69, 9.17) is 9.15 Å². The van der Waals surface area contributed by atoms with E-state index in [-0.39, 0.29) is 12.4 Å². The normalized spacial score (nSPS) is 10.7. The summed E-state index contributed by atoms with van der Waals surface area (Å²) in [6, 6.07) is 12.1. The molecule has 1 aromatic heterocycles. The number of hydrogen-bond acceptors (Lipinski definition) is 4. The standard InChI is InChI=1S/C15H11BrO4/c16-14-8-6-12(20-14)7-9-15(18)19-10-13(17)11-4-2-1-3-5-11/h1-9H,10H2/b9-7+. The molecule has 2 aromatic rings. The van der Waals surface area contributed by atoms with Crippen LogP contribution in [0.2, 0.25) is 0 Å². The highest BCUT2D eigenvalue weighted by Crippen LogP contribution is 2.15. The second-order valence-electron chi connectivity index (χ2n) is 3.87. The molecular formula is C15H11BrO4. The molecule has 0 fully saturated rings. The third kappa shape index (κ3) is 4.20. The Kier molecular flexibility index (Phi) is 4.90. The van der Waals surface area contributed by atoms with E-state index in [1.807, 2.05) is 6.07 Å². The largest absolute Gasteiger partial charge is 0.454 e. The number of ether oxygens (including phenoxy) is 1. The maximum atomic E-state index is 11.7. The van der Waals surface area contributed by atoms with Crippen LogP contribution >= 0.6 is 15.9 Å². The summed E-state index contributed by atoms with van der Waals surface area (Å²) in [6.07, 6.45) is 2.68. The van der Waals surface area contributed by atoms with Crippen molar-refractivity contribution >= 4 is 33.8 Å². The highest BCUT2D eigenvalue weighted by molar-refractivity contribution is 9.10. The smallest absolute Gasteiger partial charge is 0.331 e. The van der Waals surface area contributed by atoms with E-state index in [0.29, 0.717) is 16.0 Å². The lowest BCUT2D eigenvalue weighted by Gasteiger charge is -2.01. The quantitative estimate of drug-likeness (QED) is 0.477. The van der Waals surface area contributed by atoms with E-state index in [1.54, 1.807) is 36.4 Å². The zero-order valence-corrected chi connectivity index (χ0v) is 12.0. The average Bonchev–Trinajstić information content (AvgIpc) is 2.89. The van der Waals surface area contributed by atoms with Crippen molar-refractivity contribution < 1.29 is 18.7 Å². The van der Waals surface area contributed by atoms with Crippen LogP contribution in [-0.4, -0.2) is 18.4 Å². The monoisotopic (exact) mass is 334 g/mol. The number of benzene rings is 1. The van der Waals surface area contributed by atoms with E-state index >= 15 is 0 Å². The number of carbonyl (C=O) groups excluding carboxylic acids is 2. The van der Waals surface area contributed by atoms with Gasteiger partial charge in [0.25, 0.3) is 0 Å². The fourth-order valence-corrected chi connectivity index (χ4v) is 1.78.